The molecule has 0 bridgehead atoms. The van der Waals surface area contributed by atoms with Gasteiger partial charge >= 0.3 is 12.0 Å². The first-order valence-electron chi connectivity index (χ1n) is 5.79. The molecule has 0 aliphatic carbocycles. The minimum Gasteiger partial charge on any atom is -0.481 e. The zero-order valence-electron chi connectivity index (χ0n) is 10.9. The molecular weight excluding hydrogens is 238 g/mol. The predicted octanol–water partition coefficient (Wildman–Crippen LogP) is -0.0937. The molecule has 18 heavy (non-hydrogen) atoms. The second-order valence-electron chi connectivity index (χ2n) is 4.61. The van der Waals surface area contributed by atoms with E-state index < -0.39 is 23.8 Å². The SMILES string of the molecule is CC(CC(N)=O)NC(=O)NCC(C(=O)O)C(C)C. The molecule has 0 heterocycles. The van der Waals surface area contributed by atoms with Crippen LogP contribution in [0.2, 0.25) is 0 Å². The van der Waals surface area contributed by atoms with Crippen LogP contribution in [-0.4, -0.2) is 35.6 Å². The molecule has 5 N–H and O–H groups in total. The Morgan fingerprint density at radius 1 is 1.22 bits per heavy atom. The molecule has 7 heteroatoms. The van der Waals surface area contributed by atoms with Gasteiger partial charge in [-0.1, -0.05) is 13.8 Å². The van der Waals surface area contributed by atoms with E-state index in [4.69, 9.17) is 10.8 Å². The molecule has 0 aliphatic heterocycles. The van der Waals surface area contributed by atoms with Gasteiger partial charge in [0.2, 0.25) is 5.91 Å². The summed E-state index contributed by atoms with van der Waals surface area (Å²) in [4.78, 5) is 32.9. The highest BCUT2D eigenvalue weighted by Gasteiger charge is 2.22. The van der Waals surface area contributed by atoms with Crippen LogP contribution in [0.4, 0.5) is 4.79 Å². The molecule has 0 fully saturated rings. The van der Waals surface area contributed by atoms with Crippen molar-refractivity contribution in [3.63, 3.8) is 0 Å². The first-order chi connectivity index (χ1) is 8.23. The minimum atomic E-state index is -0.949. The molecule has 0 radical (unpaired) electrons. The Labute approximate surface area is 106 Å². The van der Waals surface area contributed by atoms with Gasteiger partial charge in [-0.3, -0.25) is 9.59 Å². The van der Waals surface area contributed by atoms with Crippen LogP contribution in [0.25, 0.3) is 0 Å². The van der Waals surface area contributed by atoms with Crippen LogP contribution in [0.1, 0.15) is 27.2 Å². The topological polar surface area (TPSA) is 122 Å². The molecule has 3 amide bonds. The molecule has 0 aromatic heterocycles. The Hall–Kier alpha value is -1.79. The Bertz CT molecular complexity index is 317. The van der Waals surface area contributed by atoms with Gasteiger partial charge in [-0.25, -0.2) is 4.79 Å². The van der Waals surface area contributed by atoms with Crippen LogP contribution in [0, 0.1) is 11.8 Å². The van der Waals surface area contributed by atoms with Gasteiger partial charge in [-0.05, 0) is 12.8 Å². The molecule has 2 unspecified atom stereocenters. The number of hydrogen-bond donors (Lipinski definition) is 4. The average molecular weight is 259 g/mol. The van der Waals surface area contributed by atoms with E-state index in [-0.39, 0.29) is 24.9 Å². The molecule has 7 nitrogen and oxygen atoms in total. The fraction of sp³-hybridized carbons (Fsp3) is 0.727. The Kier molecular flexibility index (Phi) is 6.77. The Morgan fingerprint density at radius 3 is 2.17 bits per heavy atom. The number of carboxylic acid groups (broad SMARTS) is 1. The second-order valence-corrected chi connectivity index (χ2v) is 4.61. The van der Waals surface area contributed by atoms with Crippen molar-refractivity contribution in [2.45, 2.75) is 33.2 Å². The van der Waals surface area contributed by atoms with E-state index in [1.807, 2.05) is 0 Å². The van der Waals surface area contributed by atoms with Gasteiger partial charge in [0.15, 0.2) is 0 Å². The van der Waals surface area contributed by atoms with Gasteiger partial charge in [-0.2, -0.15) is 0 Å². The lowest BCUT2D eigenvalue weighted by Gasteiger charge is -2.18. The maximum absolute atomic E-state index is 11.4. The number of rotatable bonds is 7. The zero-order valence-corrected chi connectivity index (χ0v) is 10.9. The normalized spacial score (nSPS) is 13.8. The van der Waals surface area contributed by atoms with Crippen LogP contribution in [0.15, 0.2) is 0 Å². The summed E-state index contributed by atoms with van der Waals surface area (Å²) in [5.74, 6) is -2.17. The quantitative estimate of drug-likeness (QED) is 0.510. The maximum Gasteiger partial charge on any atom is 0.315 e. The van der Waals surface area contributed by atoms with Gasteiger partial charge in [-0.15, -0.1) is 0 Å². The molecule has 0 saturated carbocycles. The number of nitrogens with one attached hydrogen (secondary N) is 2. The minimum absolute atomic E-state index is 0.0416. The van der Waals surface area contributed by atoms with Crippen LogP contribution in [0.3, 0.4) is 0 Å². The number of carbonyl (C=O) groups is 3. The molecule has 0 rings (SSSR count). The lowest BCUT2D eigenvalue weighted by Crippen LogP contribution is -2.45. The smallest absolute Gasteiger partial charge is 0.315 e. The van der Waals surface area contributed by atoms with Gasteiger partial charge in [0.25, 0.3) is 0 Å². The highest BCUT2D eigenvalue weighted by atomic mass is 16.4. The van der Waals surface area contributed by atoms with E-state index in [2.05, 4.69) is 10.6 Å². The van der Waals surface area contributed by atoms with E-state index in [1.165, 1.54) is 0 Å². The molecular formula is C11H21N3O4. The van der Waals surface area contributed by atoms with Crippen LogP contribution in [0.5, 0.6) is 0 Å². The maximum atomic E-state index is 11.4. The highest BCUT2D eigenvalue weighted by molar-refractivity contribution is 5.78. The molecule has 0 spiro atoms. The van der Waals surface area contributed by atoms with E-state index >= 15 is 0 Å². The third-order valence-corrected chi connectivity index (χ3v) is 2.49. The first kappa shape index (κ1) is 16.2. The third kappa shape index (κ3) is 6.72. The number of primary amides is 1. The summed E-state index contributed by atoms with van der Waals surface area (Å²) in [6.07, 6.45) is 0.0416. The predicted molar refractivity (Wildman–Crippen MR) is 65.8 cm³/mol. The molecule has 0 aliphatic rings. The monoisotopic (exact) mass is 259 g/mol. The van der Waals surface area contributed by atoms with Crippen molar-refractivity contribution in [3.05, 3.63) is 0 Å². The summed E-state index contributed by atoms with van der Waals surface area (Å²) in [5, 5.41) is 13.9. The summed E-state index contributed by atoms with van der Waals surface area (Å²) >= 11 is 0. The fourth-order valence-electron chi connectivity index (χ4n) is 1.44. The summed E-state index contributed by atoms with van der Waals surface area (Å²) in [5.41, 5.74) is 4.98. The van der Waals surface area contributed by atoms with E-state index in [0.29, 0.717) is 0 Å². The van der Waals surface area contributed by atoms with Crippen molar-refractivity contribution in [2.75, 3.05) is 6.54 Å². The summed E-state index contributed by atoms with van der Waals surface area (Å²) in [7, 11) is 0. The van der Waals surface area contributed by atoms with Crippen molar-refractivity contribution >= 4 is 17.9 Å². The number of carbonyl (C=O) groups excluding carboxylic acids is 2. The highest BCUT2D eigenvalue weighted by Crippen LogP contribution is 2.09. The number of urea groups is 1. The van der Waals surface area contributed by atoms with E-state index in [0.717, 1.165) is 0 Å². The van der Waals surface area contributed by atoms with Gasteiger partial charge in [0.1, 0.15) is 0 Å². The Balaban J connectivity index is 4.09. The van der Waals surface area contributed by atoms with Crippen LogP contribution in [-0.2, 0) is 9.59 Å². The lowest BCUT2D eigenvalue weighted by molar-refractivity contribution is -0.142. The average Bonchev–Trinajstić information content (AvgIpc) is 2.14. The fourth-order valence-corrected chi connectivity index (χ4v) is 1.44. The van der Waals surface area contributed by atoms with Gasteiger partial charge in [0.05, 0.1) is 5.92 Å². The first-order valence-corrected chi connectivity index (χ1v) is 5.79. The van der Waals surface area contributed by atoms with Crippen molar-refractivity contribution in [3.8, 4) is 0 Å². The van der Waals surface area contributed by atoms with Gasteiger partial charge < -0.3 is 21.5 Å². The third-order valence-electron chi connectivity index (χ3n) is 2.49. The van der Waals surface area contributed by atoms with Crippen molar-refractivity contribution < 1.29 is 19.5 Å². The summed E-state index contributed by atoms with van der Waals surface area (Å²) in [6.45, 7) is 5.23. The number of carboxylic acids is 1. The largest absolute Gasteiger partial charge is 0.481 e. The molecule has 104 valence electrons. The van der Waals surface area contributed by atoms with Crippen molar-refractivity contribution in [1.29, 1.82) is 0 Å². The Morgan fingerprint density at radius 2 is 1.78 bits per heavy atom. The van der Waals surface area contributed by atoms with Crippen molar-refractivity contribution in [1.82, 2.24) is 10.6 Å². The molecule has 0 aromatic rings. The number of aliphatic carboxylic acids is 1. The second kappa shape index (κ2) is 7.52. The zero-order chi connectivity index (χ0) is 14.3. The summed E-state index contributed by atoms with van der Waals surface area (Å²) < 4.78 is 0. The standard InChI is InChI=1S/C11H21N3O4/c1-6(2)8(10(16)17)5-13-11(18)14-7(3)4-9(12)15/h6-8H,4-5H2,1-3H3,(H2,12,15)(H,16,17)(H2,13,14,18). The van der Waals surface area contributed by atoms with E-state index in [1.54, 1.807) is 20.8 Å². The number of nitrogens with two attached hydrogens (primary N) is 1. The van der Waals surface area contributed by atoms with E-state index in [9.17, 15) is 14.4 Å². The lowest BCUT2D eigenvalue weighted by atomic mass is 9.96. The number of hydrogen-bond acceptors (Lipinski definition) is 3. The van der Waals surface area contributed by atoms with Crippen LogP contribution < -0.4 is 16.4 Å². The van der Waals surface area contributed by atoms with Gasteiger partial charge in [0, 0.05) is 19.0 Å². The van der Waals surface area contributed by atoms with Crippen LogP contribution >= 0.6 is 0 Å². The van der Waals surface area contributed by atoms with Crippen molar-refractivity contribution in [2.24, 2.45) is 17.6 Å². The molecule has 0 aromatic carbocycles. The number of amides is 3. The summed E-state index contributed by atoms with van der Waals surface area (Å²) in [6, 6.07) is -0.888. The molecule has 2 atom stereocenters. The molecule has 0 saturated heterocycles.